The van der Waals surface area contributed by atoms with Crippen molar-refractivity contribution in [3.8, 4) is 5.69 Å². The Morgan fingerprint density at radius 2 is 2.07 bits per heavy atom. The van der Waals surface area contributed by atoms with Crippen LogP contribution in [0.5, 0.6) is 0 Å². The van der Waals surface area contributed by atoms with Crippen molar-refractivity contribution in [1.82, 2.24) is 9.58 Å². The number of carbonyl (C=O) groups excluding carboxylic acids is 1. The minimum Gasteiger partial charge on any atom is -0.318 e. The molecule has 4 rings (SSSR count). The third-order valence-corrected chi connectivity index (χ3v) is 5.69. The highest BCUT2D eigenvalue weighted by Gasteiger charge is 2.35. The maximum absolute atomic E-state index is 13.7. The molecule has 28 heavy (non-hydrogen) atoms. The molecule has 1 amide bonds. The number of benzene rings is 1. The van der Waals surface area contributed by atoms with E-state index in [1.165, 1.54) is 28.9 Å². The van der Waals surface area contributed by atoms with Gasteiger partial charge < -0.3 is 4.57 Å². The number of hydrogen-bond donors (Lipinski definition) is 1. The second-order valence-electron chi connectivity index (χ2n) is 6.51. The zero-order chi connectivity index (χ0) is 20.0. The number of rotatable bonds is 3. The standard InChI is InChI=1S/C20H18FN5OS/c1-4-17-24-26-18(22)16(19(27)23-20(26)28-17)9-13-8-11(2)25(12(13)3)15-7-5-6-14(21)10-15/h5-10,22H,4H2,1-3H3. The Morgan fingerprint density at radius 1 is 1.29 bits per heavy atom. The normalized spacial score (nSPS) is 17.9. The molecule has 0 saturated carbocycles. The fourth-order valence-corrected chi connectivity index (χ4v) is 4.10. The van der Waals surface area contributed by atoms with Crippen LogP contribution in [0.4, 0.5) is 4.39 Å². The molecule has 1 N–H and O–H groups in total. The minimum absolute atomic E-state index is 0.0153. The number of amides is 1. The zero-order valence-corrected chi connectivity index (χ0v) is 16.5. The number of aromatic nitrogens is 1. The largest absolute Gasteiger partial charge is 0.318 e. The molecule has 0 atom stereocenters. The molecule has 0 unspecified atom stereocenters. The number of nitrogens with zero attached hydrogens (tertiary/aromatic N) is 4. The number of hydrogen-bond acceptors (Lipinski definition) is 4. The summed E-state index contributed by atoms with van der Waals surface area (Å²) in [4.78, 5) is 16.6. The summed E-state index contributed by atoms with van der Waals surface area (Å²) in [5, 5.41) is 15.4. The lowest BCUT2D eigenvalue weighted by molar-refractivity contribution is -0.114. The second kappa shape index (κ2) is 6.87. The first-order valence-corrected chi connectivity index (χ1v) is 9.64. The number of halogens is 1. The molecule has 0 bridgehead atoms. The van der Waals surface area contributed by atoms with E-state index in [4.69, 9.17) is 5.41 Å². The van der Waals surface area contributed by atoms with E-state index in [2.05, 4.69) is 10.1 Å². The van der Waals surface area contributed by atoms with Crippen molar-refractivity contribution in [3.63, 3.8) is 0 Å². The van der Waals surface area contributed by atoms with E-state index >= 15 is 0 Å². The van der Waals surface area contributed by atoms with Gasteiger partial charge in [0.05, 0.1) is 5.57 Å². The average molecular weight is 395 g/mol. The van der Waals surface area contributed by atoms with Crippen LogP contribution in [0.3, 0.4) is 0 Å². The molecule has 8 heteroatoms. The number of hydrazone groups is 1. The van der Waals surface area contributed by atoms with E-state index in [-0.39, 0.29) is 17.2 Å². The molecule has 0 aliphatic carbocycles. The Labute approximate surface area is 166 Å². The molecule has 1 aromatic heterocycles. The SMILES string of the molecule is CCC1=NN2C(=N)C(=Cc3cc(C)n(-c4cccc(F)c4)c3C)C(=O)N=C2S1. The summed E-state index contributed by atoms with van der Waals surface area (Å²) in [5.41, 5.74) is 3.42. The molecule has 0 saturated heterocycles. The maximum atomic E-state index is 13.7. The van der Waals surface area contributed by atoms with Crippen molar-refractivity contribution in [3.05, 3.63) is 58.7 Å². The third-order valence-electron chi connectivity index (χ3n) is 4.64. The number of carbonyl (C=O) groups is 1. The van der Waals surface area contributed by atoms with Gasteiger partial charge in [-0.25, -0.2) is 4.39 Å². The molecule has 2 aromatic rings. The van der Waals surface area contributed by atoms with Crippen molar-refractivity contribution in [1.29, 1.82) is 5.41 Å². The number of fused-ring (bicyclic) bond motifs is 1. The molecule has 3 heterocycles. The Bertz CT molecular complexity index is 1110. The highest BCUT2D eigenvalue weighted by atomic mass is 32.2. The minimum atomic E-state index is -0.452. The van der Waals surface area contributed by atoms with Gasteiger partial charge in [-0.2, -0.15) is 15.1 Å². The summed E-state index contributed by atoms with van der Waals surface area (Å²) in [7, 11) is 0. The van der Waals surface area contributed by atoms with Crippen LogP contribution in [0.2, 0.25) is 0 Å². The summed E-state index contributed by atoms with van der Waals surface area (Å²) in [6.07, 6.45) is 2.38. The van der Waals surface area contributed by atoms with Gasteiger partial charge in [-0.15, -0.1) is 0 Å². The van der Waals surface area contributed by atoms with E-state index in [0.717, 1.165) is 28.4 Å². The van der Waals surface area contributed by atoms with Crippen LogP contribution >= 0.6 is 11.8 Å². The smallest absolute Gasteiger partial charge is 0.283 e. The third kappa shape index (κ3) is 2.99. The Kier molecular flexibility index (Phi) is 4.50. The van der Waals surface area contributed by atoms with Crippen LogP contribution in [0.1, 0.15) is 30.3 Å². The quantitative estimate of drug-likeness (QED) is 0.789. The van der Waals surface area contributed by atoms with Gasteiger partial charge >= 0.3 is 0 Å². The second-order valence-corrected chi connectivity index (χ2v) is 7.55. The van der Waals surface area contributed by atoms with E-state index in [9.17, 15) is 9.18 Å². The van der Waals surface area contributed by atoms with Gasteiger partial charge in [0.1, 0.15) is 10.9 Å². The van der Waals surface area contributed by atoms with E-state index in [0.29, 0.717) is 10.9 Å². The average Bonchev–Trinajstić information content (AvgIpc) is 3.19. The van der Waals surface area contributed by atoms with Gasteiger partial charge in [0.25, 0.3) is 5.91 Å². The first-order valence-electron chi connectivity index (χ1n) is 8.83. The van der Waals surface area contributed by atoms with Crippen molar-refractivity contribution in [2.45, 2.75) is 27.2 Å². The first-order chi connectivity index (χ1) is 13.4. The molecule has 1 aromatic carbocycles. The van der Waals surface area contributed by atoms with Crippen molar-refractivity contribution in [2.24, 2.45) is 10.1 Å². The van der Waals surface area contributed by atoms with Gasteiger partial charge in [-0.05, 0) is 67.9 Å². The summed E-state index contributed by atoms with van der Waals surface area (Å²) >= 11 is 1.32. The van der Waals surface area contributed by atoms with Crippen LogP contribution in [-0.2, 0) is 4.79 Å². The number of nitrogens with one attached hydrogen (secondary N) is 1. The lowest BCUT2D eigenvalue weighted by Gasteiger charge is -2.20. The van der Waals surface area contributed by atoms with E-state index in [1.807, 2.05) is 37.5 Å². The summed E-state index contributed by atoms with van der Waals surface area (Å²) in [5.74, 6) is -0.750. The molecule has 2 aliphatic rings. The van der Waals surface area contributed by atoms with Crippen LogP contribution < -0.4 is 0 Å². The van der Waals surface area contributed by atoms with Gasteiger partial charge in [-0.3, -0.25) is 10.2 Å². The van der Waals surface area contributed by atoms with Crippen molar-refractivity contribution < 1.29 is 9.18 Å². The Morgan fingerprint density at radius 3 is 2.79 bits per heavy atom. The van der Waals surface area contributed by atoms with Gasteiger partial charge in [0, 0.05) is 17.1 Å². The Balaban J connectivity index is 1.76. The number of aryl methyl sites for hydroxylation is 1. The molecule has 0 fully saturated rings. The van der Waals surface area contributed by atoms with E-state index < -0.39 is 5.91 Å². The monoisotopic (exact) mass is 395 g/mol. The molecule has 0 radical (unpaired) electrons. The predicted molar refractivity (Wildman–Crippen MR) is 111 cm³/mol. The molecule has 0 spiro atoms. The number of aliphatic imine (C=N–C) groups is 1. The molecule has 142 valence electrons. The number of amidine groups is 2. The van der Waals surface area contributed by atoms with Crippen molar-refractivity contribution in [2.75, 3.05) is 0 Å². The topological polar surface area (TPSA) is 73.8 Å². The lowest BCUT2D eigenvalue weighted by Crippen LogP contribution is -2.35. The summed E-state index contributed by atoms with van der Waals surface area (Å²) in [6, 6.07) is 8.26. The van der Waals surface area contributed by atoms with Gasteiger partial charge in [0.15, 0.2) is 5.84 Å². The molecule has 6 nitrogen and oxygen atoms in total. The highest BCUT2D eigenvalue weighted by Crippen LogP contribution is 2.30. The van der Waals surface area contributed by atoms with Crippen LogP contribution in [0, 0.1) is 25.1 Å². The fourth-order valence-electron chi connectivity index (χ4n) is 3.28. The molecular weight excluding hydrogens is 377 g/mol. The Hall–Kier alpha value is -3.00. The zero-order valence-electron chi connectivity index (χ0n) is 15.7. The van der Waals surface area contributed by atoms with Gasteiger partial charge in [0.2, 0.25) is 5.17 Å². The maximum Gasteiger partial charge on any atom is 0.283 e. The molecule has 2 aliphatic heterocycles. The number of thioether (sulfide) groups is 1. The summed E-state index contributed by atoms with van der Waals surface area (Å²) < 4.78 is 15.6. The van der Waals surface area contributed by atoms with Crippen LogP contribution in [-0.4, -0.2) is 31.5 Å². The predicted octanol–water partition coefficient (Wildman–Crippen LogP) is 4.26. The fraction of sp³-hybridized carbons (Fsp3) is 0.200. The summed E-state index contributed by atoms with van der Waals surface area (Å²) in [6.45, 7) is 5.78. The lowest BCUT2D eigenvalue weighted by atomic mass is 10.1. The first kappa shape index (κ1) is 18.4. The van der Waals surface area contributed by atoms with Gasteiger partial charge in [-0.1, -0.05) is 13.0 Å². The van der Waals surface area contributed by atoms with Crippen molar-refractivity contribution >= 4 is 39.8 Å². The highest BCUT2D eigenvalue weighted by molar-refractivity contribution is 8.26. The van der Waals surface area contributed by atoms with E-state index in [1.54, 1.807) is 12.1 Å². The van der Waals surface area contributed by atoms with Crippen LogP contribution in [0.25, 0.3) is 11.8 Å². The molecular formula is C20H18FN5OS. The van der Waals surface area contributed by atoms with Crippen LogP contribution in [0.15, 0.2) is 46.0 Å².